The molecule has 0 radical (unpaired) electrons. The highest BCUT2D eigenvalue weighted by atomic mass is 32.2. The van der Waals surface area contributed by atoms with Crippen LogP contribution in [0.1, 0.15) is 36.0 Å². The minimum absolute atomic E-state index is 0.0436. The molecule has 1 fully saturated rings. The molecule has 1 aliphatic rings. The molecule has 1 atom stereocenters. The van der Waals surface area contributed by atoms with Crippen LogP contribution >= 0.6 is 0 Å². The van der Waals surface area contributed by atoms with Crippen LogP contribution in [0.15, 0.2) is 53.4 Å². The summed E-state index contributed by atoms with van der Waals surface area (Å²) >= 11 is 0. The van der Waals surface area contributed by atoms with Crippen molar-refractivity contribution in [2.45, 2.75) is 43.4 Å². The average Bonchev–Trinajstić information content (AvgIpc) is 2.89. The number of carbonyl (C=O) groups is 1. The number of aryl methyl sites for hydroxylation is 2. The number of rotatable bonds is 4. The van der Waals surface area contributed by atoms with Gasteiger partial charge in [-0.05, 0) is 44.4 Å². The number of carbonyl (C=O) groups excluding carboxylic acids is 1. The van der Waals surface area contributed by atoms with Gasteiger partial charge in [0.05, 0.1) is 16.1 Å². The molecule has 2 aromatic carbocycles. The molecule has 1 saturated carbocycles. The molecule has 0 aliphatic heterocycles. The van der Waals surface area contributed by atoms with Crippen molar-refractivity contribution in [2.24, 2.45) is 0 Å². The second-order valence-corrected chi connectivity index (χ2v) is 8.79. The van der Waals surface area contributed by atoms with Crippen molar-refractivity contribution in [3.05, 3.63) is 65.2 Å². The zero-order valence-corrected chi connectivity index (χ0v) is 14.9. The van der Waals surface area contributed by atoms with E-state index >= 15 is 0 Å². The van der Waals surface area contributed by atoms with Crippen LogP contribution in [-0.2, 0) is 20.0 Å². The summed E-state index contributed by atoms with van der Waals surface area (Å²) in [5.41, 5.74) is 2.03. The van der Waals surface area contributed by atoms with Crippen LogP contribution in [0, 0.1) is 13.8 Å². The second-order valence-electron chi connectivity index (χ2n) is 6.80. The minimum Gasteiger partial charge on any atom is -0.299 e. The third-order valence-corrected chi connectivity index (χ3v) is 6.83. The number of ketones is 1. The highest BCUT2D eigenvalue weighted by Crippen LogP contribution is 2.40. The maximum Gasteiger partial charge on any atom is 0.179 e. The van der Waals surface area contributed by atoms with Crippen LogP contribution in [0.2, 0.25) is 0 Å². The first-order valence-electron chi connectivity index (χ1n) is 8.23. The van der Waals surface area contributed by atoms with Gasteiger partial charge in [-0.2, -0.15) is 0 Å². The molecule has 0 aromatic heterocycles. The Kier molecular flexibility index (Phi) is 4.35. The molecule has 0 heterocycles. The van der Waals surface area contributed by atoms with Crippen LogP contribution in [-0.4, -0.2) is 20.0 Å². The van der Waals surface area contributed by atoms with Gasteiger partial charge in [0.15, 0.2) is 9.84 Å². The van der Waals surface area contributed by atoms with Gasteiger partial charge in [0.2, 0.25) is 0 Å². The van der Waals surface area contributed by atoms with Crippen molar-refractivity contribution in [1.29, 1.82) is 0 Å². The van der Waals surface area contributed by atoms with E-state index in [4.69, 9.17) is 0 Å². The Labute approximate surface area is 143 Å². The maximum atomic E-state index is 12.9. The van der Waals surface area contributed by atoms with Crippen LogP contribution in [0.5, 0.6) is 0 Å². The Bertz CT molecular complexity index is 849. The summed E-state index contributed by atoms with van der Waals surface area (Å²) in [5, 5.41) is 0. The Morgan fingerprint density at radius 1 is 0.917 bits per heavy atom. The molecule has 4 heteroatoms. The van der Waals surface area contributed by atoms with Crippen molar-refractivity contribution >= 4 is 15.6 Å². The van der Waals surface area contributed by atoms with E-state index in [-0.39, 0.29) is 11.5 Å². The van der Waals surface area contributed by atoms with Crippen molar-refractivity contribution < 1.29 is 13.2 Å². The fraction of sp³-hybridized carbons (Fsp3) is 0.350. The van der Waals surface area contributed by atoms with Crippen molar-refractivity contribution in [3.8, 4) is 0 Å². The zero-order valence-electron chi connectivity index (χ0n) is 14.1. The number of Topliss-reactive ketones (excluding diaryl/α,β-unsaturated/α-hetero) is 1. The predicted octanol–water partition coefficient (Wildman–Crippen LogP) is 3.77. The molecule has 0 unspecified atom stereocenters. The lowest BCUT2D eigenvalue weighted by atomic mass is 9.79. The highest BCUT2D eigenvalue weighted by molar-refractivity contribution is 7.91. The third kappa shape index (κ3) is 3.03. The van der Waals surface area contributed by atoms with E-state index in [1.807, 2.05) is 38.1 Å². The van der Waals surface area contributed by atoms with Crippen LogP contribution in [0.3, 0.4) is 0 Å². The molecule has 3 nitrogen and oxygen atoms in total. The lowest BCUT2D eigenvalue weighted by Gasteiger charge is -2.28. The van der Waals surface area contributed by atoms with E-state index in [0.717, 1.165) is 23.1 Å². The standard InChI is InChI=1S/C20H22O3S/c1-15-5-9-17(10-6-15)20(13-3-4-19(20)21)14-24(22,23)18-11-7-16(2)8-12-18/h5-12H,3-4,13-14H2,1-2H3/t20-/m1/s1. The van der Waals surface area contributed by atoms with Crippen molar-refractivity contribution in [3.63, 3.8) is 0 Å². The number of benzene rings is 2. The summed E-state index contributed by atoms with van der Waals surface area (Å²) in [6.07, 6.45) is 1.80. The predicted molar refractivity (Wildman–Crippen MR) is 94.9 cm³/mol. The summed E-state index contributed by atoms with van der Waals surface area (Å²) < 4.78 is 25.9. The quantitative estimate of drug-likeness (QED) is 0.850. The van der Waals surface area contributed by atoms with Gasteiger partial charge >= 0.3 is 0 Å². The first kappa shape index (κ1) is 16.9. The normalized spacial score (nSPS) is 21.2. The van der Waals surface area contributed by atoms with E-state index in [0.29, 0.717) is 17.7 Å². The second kappa shape index (κ2) is 6.17. The lowest BCUT2D eigenvalue weighted by molar-refractivity contribution is -0.121. The van der Waals surface area contributed by atoms with E-state index < -0.39 is 15.3 Å². The monoisotopic (exact) mass is 342 g/mol. The Morgan fingerprint density at radius 3 is 1.96 bits per heavy atom. The van der Waals surface area contributed by atoms with E-state index in [1.54, 1.807) is 24.3 Å². The minimum atomic E-state index is -3.53. The van der Waals surface area contributed by atoms with E-state index in [1.165, 1.54) is 0 Å². The summed E-state index contributed by atoms with van der Waals surface area (Å²) in [6.45, 7) is 3.90. The molecule has 0 bridgehead atoms. The summed E-state index contributed by atoms with van der Waals surface area (Å²) in [4.78, 5) is 13.0. The molecule has 2 aromatic rings. The first-order chi connectivity index (χ1) is 11.3. The number of sulfone groups is 1. The van der Waals surface area contributed by atoms with E-state index in [9.17, 15) is 13.2 Å². The SMILES string of the molecule is Cc1ccc([C@]2(CS(=O)(=O)c3ccc(C)cc3)CCCC2=O)cc1. The maximum absolute atomic E-state index is 12.9. The number of hydrogen-bond donors (Lipinski definition) is 0. The smallest absolute Gasteiger partial charge is 0.179 e. The van der Waals surface area contributed by atoms with Gasteiger partial charge in [0.1, 0.15) is 5.78 Å². The Balaban J connectivity index is 2.03. The summed E-state index contributed by atoms with van der Waals surface area (Å²) in [7, 11) is -3.53. The Morgan fingerprint density at radius 2 is 1.46 bits per heavy atom. The van der Waals surface area contributed by atoms with Gasteiger partial charge in [-0.3, -0.25) is 4.79 Å². The average molecular weight is 342 g/mol. The molecule has 0 N–H and O–H groups in total. The van der Waals surface area contributed by atoms with Gasteiger partial charge in [0.25, 0.3) is 0 Å². The molecular weight excluding hydrogens is 320 g/mol. The summed E-state index contributed by atoms with van der Waals surface area (Å²) in [6, 6.07) is 14.6. The highest BCUT2D eigenvalue weighted by Gasteiger charge is 2.46. The van der Waals surface area contributed by atoms with Gasteiger partial charge in [-0.1, -0.05) is 47.5 Å². The molecule has 1 aliphatic carbocycles. The fourth-order valence-corrected chi connectivity index (χ4v) is 5.33. The Hall–Kier alpha value is -1.94. The molecule has 0 spiro atoms. The van der Waals surface area contributed by atoms with Gasteiger partial charge in [0, 0.05) is 6.42 Å². The molecule has 0 saturated heterocycles. The van der Waals surface area contributed by atoms with E-state index in [2.05, 4.69) is 0 Å². The molecule has 3 rings (SSSR count). The lowest BCUT2D eigenvalue weighted by Crippen LogP contribution is -2.38. The largest absolute Gasteiger partial charge is 0.299 e. The van der Waals surface area contributed by atoms with Gasteiger partial charge in [-0.25, -0.2) is 8.42 Å². The number of hydrogen-bond acceptors (Lipinski definition) is 3. The van der Waals surface area contributed by atoms with Crippen molar-refractivity contribution in [1.82, 2.24) is 0 Å². The van der Waals surface area contributed by atoms with Crippen LogP contribution in [0.4, 0.5) is 0 Å². The van der Waals surface area contributed by atoms with Gasteiger partial charge in [-0.15, -0.1) is 0 Å². The molecular formula is C20H22O3S. The molecule has 0 amide bonds. The van der Waals surface area contributed by atoms with Crippen LogP contribution < -0.4 is 0 Å². The molecule has 24 heavy (non-hydrogen) atoms. The van der Waals surface area contributed by atoms with Gasteiger partial charge < -0.3 is 0 Å². The molecule has 126 valence electrons. The zero-order chi connectivity index (χ0) is 17.4. The fourth-order valence-electron chi connectivity index (χ4n) is 3.50. The van der Waals surface area contributed by atoms with Crippen molar-refractivity contribution in [2.75, 3.05) is 5.75 Å². The third-order valence-electron chi connectivity index (χ3n) is 4.96. The first-order valence-corrected chi connectivity index (χ1v) is 9.89. The van der Waals surface area contributed by atoms with Crippen LogP contribution in [0.25, 0.3) is 0 Å². The topological polar surface area (TPSA) is 51.2 Å². The summed E-state index contributed by atoms with van der Waals surface area (Å²) in [5.74, 6) is -0.104.